The Morgan fingerprint density at radius 3 is 2.60 bits per heavy atom. The van der Waals surface area contributed by atoms with Gasteiger partial charge in [-0.1, -0.05) is 0 Å². The van der Waals surface area contributed by atoms with E-state index in [4.69, 9.17) is 0 Å². The molecular weight excluding hydrogens is 321 g/mol. The van der Waals surface area contributed by atoms with Crippen LogP contribution < -0.4 is 0 Å². The van der Waals surface area contributed by atoms with E-state index in [1.807, 2.05) is 4.90 Å². The van der Waals surface area contributed by atoms with Crippen LogP contribution in [0.15, 0.2) is 18.2 Å². The molecule has 1 atom stereocenters. The van der Waals surface area contributed by atoms with E-state index in [9.17, 15) is 14.0 Å². The minimum atomic E-state index is -0.247. The molecule has 1 unspecified atom stereocenters. The molecule has 132 valence electrons. The van der Waals surface area contributed by atoms with Gasteiger partial charge in [0.05, 0.1) is 0 Å². The number of benzene rings is 1. The number of carbonyl (C=O) groups excluding carboxylic acids is 2. The lowest BCUT2D eigenvalue weighted by molar-refractivity contribution is -0.141. The van der Waals surface area contributed by atoms with Crippen LogP contribution in [0.2, 0.25) is 0 Å². The highest BCUT2D eigenvalue weighted by Crippen LogP contribution is 2.33. The van der Waals surface area contributed by atoms with E-state index in [1.54, 1.807) is 24.0 Å². The first-order valence-corrected chi connectivity index (χ1v) is 8.86. The quantitative estimate of drug-likeness (QED) is 0.862. The number of fused-ring (bicyclic) bond motifs is 3. The molecule has 4 rings (SSSR count). The first-order chi connectivity index (χ1) is 12.0. The number of aryl methyl sites for hydroxylation is 1. The molecule has 2 aliphatic rings. The van der Waals surface area contributed by atoms with E-state index >= 15 is 0 Å². The number of H-pyrrole nitrogens is 1. The minimum absolute atomic E-state index is 0.0568. The van der Waals surface area contributed by atoms with Crippen LogP contribution in [0.4, 0.5) is 4.39 Å². The van der Waals surface area contributed by atoms with E-state index in [0.717, 1.165) is 35.0 Å². The van der Waals surface area contributed by atoms with Crippen LogP contribution in [0, 0.1) is 11.7 Å². The van der Waals surface area contributed by atoms with Gasteiger partial charge in [0.25, 0.3) is 0 Å². The number of nitrogens with one attached hydrogen (secondary N) is 1. The molecule has 0 spiro atoms. The fourth-order valence-corrected chi connectivity index (χ4v) is 4.10. The molecule has 25 heavy (non-hydrogen) atoms. The number of amides is 2. The molecule has 0 radical (unpaired) electrons. The number of halogens is 1. The molecule has 6 heteroatoms. The van der Waals surface area contributed by atoms with Crippen LogP contribution in [0.1, 0.15) is 24.6 Å². The Morgan fingerprint density at radius 1 is 1.16 bits per heavy atom. The summed E-state index contributed by atoms with van der Waals surface area (Å²) in [5, 5.41) is 0.897. The summed E-state index contributed by atoms with van der Waals surface area (Å²) >= 11 is 0. The molecule has 1 aromatic heterocycles. The summed E-state index contributed by atoms with van der Waals surface area (Å²) < 4.78 is 13.6. The molecule has 2 aromatic rings. The molecule has 1 aliphatic carbocycles. The van der Waals surface area contributed by atoms with Crippen LogP contribution in [0.5, 0.6) is 0 Å². The van der Waals surface area contributed by atoms with Gasteiger partial charge in [-0.25, -0.2) is 4.39 Å². The number of carbonyl (C=O) groups is 2. The fourth-order valence-electron chi connectivity index (χ4n) is 4.10. The Labute approximate surface area is 145 Å². The van der Waals surface area contributed by atoms with Gasteiger partial charge < -0.3 is 14.8 Å². The molecule has 1 N–H and O–H groups in total. The maximum absolute atomic E-state index is 13.6. The standard InChI is InChI=1S/C19H22FN3O2/c1-12(24)22-6-8-23(9-7-22)19(25)13-2-4-17-15(10-13)16-11-14(20)3-5-18(16)21-17/h3,5,11,13,21H,2,4,6-10H2,1H3. The zero-order chi connectivity index (χ0) is 17.6. The van der Waals surface area contributed by atoms with Crippen molar-refractivity contribution >= 4 is 22.7 Å². The molecule has 2 heterocycles. The van der Waals surface area contributed by atoms with Crippen molar-refractivity contribution in [2.45, 2.75) is 26.2 Å². The lowest BCUT2D eigenvalue weighted by atomic mass is 9.85. The van der Waals surface area contributed by atoms with Gasteiger partial charge in [0.15, 0.2) is 0 Å². The second-order valence-electron chi connectivity index (χ2n) is 7.04. The van der Waals surface area contributed by atoms with Gasteiger partial charge in [0.2, 0.25) is 11.8 Å². The summed E-state index contributed by atoms with van der Waals surface area (Å²) in [6.07, 6.45) is 2.29. The number of piperazine rings is 1. The van der Waals surface area contributed by atoms with Crippen LogP contribution in [-0.4, -0.2) is 52.8 Å². The lowest BCUT2D eigenvalue weighted by Crippen LogP contribution is -2.52. The monoisotopic (exact) mass is 343 g/mol. The highest BCUT2D eigenvalue weighted by Gasteiger charge is 2.32. The van der Waals surface area contributed by atoms with Gasteiger partial charge >= 0.3 is 0 Å². The van der Waals surface area contributed by atoms with Crippen molar-refractivity contribution in [1.29, 1.82) is 0 Å². The Hall–Kier alpha value is -2.37. The minimum Gasteiger partial charge on any atom is -0.358 e. The predicted octanol–water partition coefficient (Wildman–Crippen LogP) is 2.10. The van der Waals surface area contributed by atoms with Crippen molar-refractivity contribution < 1.29 is 14.0 Å². The first kappa shape index (κ1) is 16.1. The zero-order valence-corrected chi connectivity index (χ0v) is 14.3. The summed E-state index contributed by atoms with van der Waals surface area (Å²) in [6.45, 7) is 3.99. The molecule has 1 saturated heterocycles. The number of hydrogen-bond donors (Lipinski definition) is 1. The normalized spacial score (nSPS) is 20.6. The van der Waals surface area contributed by atoms with Crippen LogP contribution in [0.3, 0.4) is 0 Å². The highest BCUT2D eigenvalue weighted by atomic mass is 19.1. The maximum Gasteiger partial charge on any atom is 0.226 e. The summed E-state index contributed by atoms with van der Waals surface area (Å²) in [6, 6.07) is 4.78. The molecule has 0 bridgehead atoms. The fraction of sp³-hybridized carbons (Fsp3) is 0.474. The average Bonchev–Trinajstić information content (AvgIpc) is 2.98. The SMILES string of the molecule is CC(=O)N1CCN(C(=O)C2CCc3[nH]c4ccc(F)cc4c3C2)CC1. The van der Waals surface area contributed by atoms with Gasteiger partial charge in [-0.3, -0.25) is 9.59 Å². The Balaban J connectivity index is 1.50. The van der Waals surface area contributed by atoms with Crippen LogP contribution >= 0.6 is 0 Å². The van der Waals surface area contributed by atoms with Crippen molar-refractivity contribution in [1.82, 2.24) is 14.8 Å². The Bertz CT molecular complexity index is 837. The molecule has 1 fully saturated rings. The van der Waals surface area contributed by atoms with Gasteiger partial charge in [0, 0.05) is 55.6 Å². The second-order valence-corrected chi connectivity index (χ2v) is 7.04. The Kier molecular flexibility index (Phi) is 3.98. The highest BCUT2D eigenvalue weighted by molar-refractivity contribution is 5.87. The van der Waals surface area contributed by atoms with E-state index < -0.39 is 0 Å². The van der Waals surface area contributed by atoms with Crippen molar-refractivity contribution in [3.8, 4) is 0 Å². The summed E-state index contributed by atoms with van der Waals surface area (Å²) in [5.74, 6) is -0.0726. The van der Waals surface area contributed by atoms with E-state index in [1.165, 1.54) is 6.07 Å². The predicted molar refractivity (Wildman–Crippen MR) is 92.6 cm³/mol. The molecule has 2 amide bonds. The van der Waals surface area contributed by atoms with Crippen molar-refractivity contribution in [2.75, 3.05) is 26.2 Å². The lowest BCUT2D eigenvalue weighted by Gasteiger charge is -2.36. The molecule has 5 nitrogen and oxygen atoms in total. The molecule has 0 saturated carbocycles. The first-order valence-electron chi connectivity index (χ1n) is 8.86. The molecule has 1 aromatic carbocycles. The van der Waals surface area contributed by atoms with Gasteiger partial charge in [0.1, 0.15) is 5.82 Å². The van der Waals surface area contributed by atoms with Gasteiger partial charge in [-0.15, -0.1) is 0 Å². The second kappa shape index (κ2) is 6.17. The third-order valence-corrected chi connectivity index (χ3v) is 5.54. The number of aromatic amines is 1. The van der Waals surface area contributed by atoms with Crippen molar-refractivity contribution in [3.63, 3.8) is 0 Å². The van der Waals surface area contributed by atoms with Gasteiger partial charge in [-0.05, 0) is 43.0 Å². The summed E-state index contributed by atoms with van der Waals surface area (Å²) in [5.41, 5.74) is 3.15. The number of aromatic nitrogens is 1. The smallest absolute Gasteiger partial charge is 0.226 e. The van der Waals surface area contributed by atoms with Crippen molar-refractivity contribution in [2.24, 2.45) is 5.92 Å². The zero-order valence-electron chi connectivity index (χ0n) is 14.3. The molecular formula is C19H22FN3O2. The van der Waals surface area contributed by atoms with Crippen LogP contribution in [-0.2, 0) is 22.4 Å². The topological polar surface area (TPSA) is 56.4 Å². The molecule has 1 aliphatic heterocycles. The van der Waals surface area contributed by atoms with E-state index in [2.05, 4.69) is 4.98 Å². The van der Waals surface area contributed by atoms with E-state index in [-0.39, 0.29) is 23.5 Å². The number of rotatable bonds is 1. The number of hydrogen-bond acceptors (Lipinski definition) is 2. The van der Waals surface area contributed by atoms with Crippen LogP contribution in [0.25, 0.3) is 10.9 Å². The van der Waals surface area contributed by atoms with E-state index in [0.29, 0.717) is 32.6 Å². The average molecular weight is 343 g/mol. The van der Waals surface area contributed by atoms with Crippen molar-refractivity contribution in [3.05, 3.63) is 35.3 Å². The largest absolute Gasteiger partial charge is 0.358 e. The third kappa shape index (κ3) is 2.90. The van der Waals surface area contributed by atoms with Gasteiger partial charge in [-0.2, -0.15) is 0 Å². The maximum atomic E-state index is 13.6. The third-order valence-electron chi connectivity index (χ3n) is 5.54. The number of nitrogens with zero attached hydrogens (tertiary/aromatic N) is 2. The Morgan fingerprint density at radius 2 is 1.88 bits per heavy atom. The summed E-state index contributed by atoms with van der Waals surface area (Å²) in [7, 11) is 0. The summed E-state index contributed by atoms with van der Waals surface area (Å²) in [4.78, 5) is 31.4.